The Morgan fingerprint density at radius 1 is 1.17 bits per heavy atom. The van der Waals surface area contributed by atoms with Gasteiger partial charge in [0.25, 0.3) is 6.08 Å². The van der Waals surface area contributed by atoms with E-state index in [0.717, 1.165) is 24.8 Å². The number of anilines is 2. The third-order valence-corrected chi connectivity index (χ3v) is 10.00. The summed E-state index contributed by atoms with van der Waals surface area (Å²) in [6, 6.07) is 0.770. The van der Waals surface area contributed by atoms with Crippen molar-refractivity contribution >= 4 is 22.5 Å². The number of aromatic nitrogens is 4. The summed E-state index contributed by atoms with van der Waals surface area (Å²) >= 11 is 0. The Bertz CT molecular complexity index is 1740. The van der Waals surface area contributed by atoms with E-state index in [0.29, 0.717) is 38.9 Å². The highest BCUT2D eigenvalue weighted by Gasteiger charge is 2.49. The first-order valence-electron chi connectivity index (χ1n) is 15.5. The van der Waals surface area contributed by atoms with Gasteiger partial charge < -0.3 is 20.7 Å². The third kappa shape index (κ3) is 5.72. The maximum absolute atomic E-state index is 16.6. The van der Waals surface area contributed by atoms with Gasteiger partial charge in [0.05, 0.1) is 22.0 Å². The van der Waals surface area contributed by atoms with Gasteiger partial charge in [-0.05, 0) is 56.7 Å². The lowest BCUT2D eigenvalue weighted by atomic mass is 9.86. The van der Waals surface area contributed by atoms with Crippen molar-refractivity contribution in [1.82, 2.24) is 30.2 Å². The van der Waals surface area contributed by atoms with E-state index in [4.69, 9.17) is 10.5 Å². The number of alkyl halides is 4. The Balaban J connectivity index is 1.37. The van der Waals surface area contributed by atoms with Gasteiger partial charge in [-0.3, -0.25) is 9.88 Å². The lowest BCUT2D eigenvalue weighted by Gasteiger charge is -2.35. The van der Waals surface area contributed by atoms with Crippen molar-refractivity contribution in [3.63, 3.8) is 0 Å². The number of nitrogen functional groups attached to an aromatic ring is 1. The first kappa shape index (κ1) is 31.8. The molecule has 3 N–H and O–H groups in total. The molecule has 0 radical (unpaired) electrons. The molecule has 252 valence electrons. The number of ether oxygens (including phenoxy) is 1. The van der Waals surface area contributed by atoms with Crippen LogP contribution >= 0.6 is 0 Å². The zero-order chi connectivity index (χ0) is 33.3. The fourth-order valence-electron chi connectivity index (χ4n) is 7.91. The number of nitrogens with one attached hydrogen (secondary N) is 1. The van der Waals surface area contributed by atoms with Crippen molar-refractivity contribution < 1.29 is 35.5 Å². The van der Waals surface area contributed by atoms with Crippen LogP contribution < -0.4 is 20.7 Å². The van der Waals surface area contributed by atoms with Gasteiger partial charge in [0.2, 0.25) is 0 Å². The molecule has 0 spiro atoms. The number of hydrogen-bond acceptors (Lipinski definition) is 9. The lowest BCUT2D eigenvalue weighted by Crippen LogP contribution is -2.52. The fraction of sp³-hybridized carbons (Fsp3) is 0.548. The van der Waals surface area contributed by atoms with Crippen LogP contribution in [0.25, 0.3) is 22.3 Å². The Hall–Kier alpha value is -3.79. The maximum atomic E-state index is 16.6. The van der Waals surface area contributed by atoms with Crippen LogP contribution in [0, 0.1) is 18.7 Å². The molecule has 47 heavy (non-hydrogen) atoms. The van der Waals surface area contributed by atoms with E-state index < -0.39 is 52.3 Å². The quantitative estimate of drug-likeness (QED) is 0.334. The molecule has 0 aliphatic carbocycles. The summed E-state index contributed by atoms with van der Waals surface area (Å²) in [5.74, 6) is -1.27. The van der Waals surface area contributed by atoms with Gasteiger partial charge in [0.1, 0.15) is 41.3 Å². The van der Waals surface area contributed by atoms with Crippen LogP contribution in [-0.4, -0.2) is 81.4 Å². The number of nitrogens with zero attached hydrogens (tertiary/aromatic N) is 6. The summed E-state index contributed by atoms with van der Waals surface area (Å²) in [4.78, 5) is 20.6. The summed E-state index contributed by atoms with van der Waals surface area (Å²) in [6.45, 7) is 3.07. The molecule has 8 heterocycles. The topological polar surface area (TPSA) is 105 Å². The molecule has 4 atom stereocenters. The van der Waals surface area contributed by atoms with Crippen molar-refractivity contribution in [2.75, 3.05) is 50.0 Å². The minimum Gasteiger partial charge on any atom is -0.461 e. The summed E-state index contributed by atoms with van der Waals surface area (Å²) in [5, 5.41) is 3.28. The molecule has 5 fully saturated rings. The first-order valence-corrected chi connectivity index (χ1v) is 15.5. The Labute approximate surface area is 265 Å². The van der Waals surface area contributed by atoms with Gasteiger partial charge in [-0.25, -0.2) is 13.8 Å². The van der Waals surface area contributed by atoms with Crippen molar-refractivity contribution in [3.8, 4) is 17.4 Å². The van der Waals surface area contributed by atoms with Gasteiger partial charge in [-0.1, -0.05) is 0 Å². The van der Waals surface area contributed by atoms with Gasteiger partial charge in [0, 0.05) is 44.9 Å². The van der Waals surface area contributed by atoms with E-state index in [2.05, 4.69) is 25.3 Å². The summed E-state index contributed by atoms with van der Waals surface area (Å²) in [7, 11) is 0. The molecule has 8 rings (SSSR count). The molecule has 16 heteroatoms. The van der Waals surface area contributed by atoms with Crippen LogP contribution in [0.2, 0.25) is 0 Å². The Kier molecular flexibility index (Phi) is 7.73. The van der Waals surface area contributed by atoms with Crippen LogP contribution in [0.3, 0.4) is 0 Å². The molecule has 0 amide bonds. The molecular weight excluding hydrogens is 633 g/mol. The largest absolute Gasteiger partial charge is 0.461 e. The number of halogens is 7. The van der Waals surface area contributed by atoms with Gasteiger partial charge >= 0.3 is 12.2 Å². The zero-order valence-electron chi connectivity index (χ0n) is 25.5. The number of hydrogen-bond donors (Lipinski definition) is 2. The average Bonchev–Trinajstić information content (AvgIpc) is 3.37. The van der Waals surface area contributed by atoms with Crippen LogP contribution in [0.1, 0.15) is 43.2 Å². The number of nitrogens with two attached hydrogens (primary N) is 1. The van der Waals surface area contributed by atoms with Crippen molar-refractivity contribution in [1.29, 1.82) is 0 Å². The van der Waals surface area contributed by atoms with Crippen LogP contribution in [0.5, 0.6) is 6.01 Å². The molecule has 0 aromatic carbocycles. The Morgan fingerprint density at radius 2 is 1.98 bits per heavy atom. The van der Waals surface area contributed by atoms with Crippen LogP contribution in [0.4, 0.5) is 42.4 Å². The Morgan fingerprint density at radius 3 is 2.70 bits per heavy atom. The van der Waals surface area contributed by atoms with E-state index in [1.807, 2.05) is 4.90 Å². The molecule has 2 bridgehead atoms. The summed E-state index contributed by atoms with van der Waals surface area (Å²) in [6.07, 6.45) is -2.88. The van der Waals surface area contributed by atoms with Crippen LogP contribution in [-0.2, 0) is 6.18 Å². The predicted molar refractivity (Wildman–Crippen MR) is 159 cm³/mol. The molecule has 0 unspecified atom stereocenters. The number of piperidine rings is 1. The summed E-state index contributed by atoms with van der Waals surface area (Å²) in [5.41, 5.74) is 0.750. The molecule has 5 aliphatic heterocycles. The highest BCUT2D eigenvalue weighted by molar-refractivity contribution is 5.92. The van der Waals surface area contributed by atoms with Crippen LogP contribution in [0.15, 0.2) is 24.4 Å². The van der Waals surface area contributed by atoms with Crippen molar-refractivity contribution in [2.45, 2.75) is 62.5 Å². The van der Waals surface area contributed by atoms with Gasteiger partial charge in [-0.2, -0.15) is 31.9 Å². The predicted octanol–water partition coefficient (Wildman–Crippen LogP) is 5.43. The second kappa shape index (κ2) is 11.4. The molecule has 0 saturated carbocycles. The van der Waals surface area contributed by atoms with E-state index in [1.165, 1.54) is 6.92 Å². The number of aryl methyl sites for hydroxylation is 1. The lowest BCUT2D eigenvalue weighted by molar-refractivity contribution is -0.137. The summed E-state index contributed by atoms with van der Waals surface area (Å²) < 4.78 is 107. The zero-order valence-corrected chi connectivity index (χ0v) is 25.5. The van der Waals surface area contributed by atoms with Crippen molar-refractivity contribution in [3.05, 3.63) is 41.4 Å². The molecule has 3 aromatic heterocycles. The normalized spacial score (nSPS) is 27.7. The average molecular weight is 667 g/mol. The van der Waals surface area contributed by atoms with E-state index in [-0.39, 0.29) is 66.1 Å². The van der Waals surface area contributed by atoms with E-state index >= 15 is 4.39 Å². The molecular formula is C31H33F7N8O. The molecule has 3 aromatic rings. The molecule has 9 nitrogen and oxygen atoms in total. The van der Waals surface area contributed by atoms with E-state index in [1.54, 1.807) is 4.90 Å². The standard InChI is InChI=1S/C31H33F7N8O/c1-16-7-21(39)42-25(22(16)31(36,37)38)26-23(35)24-19(11-40-26)27(45-12-17-3-5-29(14-45,41-10-17)9-20(33)34)44-28(43-24)47-15-30-4-2-6-46(30)13-18(32)8-30/h7,9,11,17-18,41H,2-6,8,10,12-15H2,1H3,(H2,39,42)/t17-,18+,29-,30-/m0/s1. The molecule has 5 saturated heterocycles. The first-order chi connectivity index (χ1) is 22.3. The second-order valence-corrected chi connectivity index (χ2v) is 13.2. The highest BCUT2D eigenvalue weighted by atomic mass is 19.4. The van der Waals surface area contributed by atoms with E-state index in [9.17, 15) is 26.3 Å². The number of rotatable bonds is 6. The molecule has 5 aliphatic rings. The third-order valence-electron chi connectivity index (χ3n) is 10.00. The van der Waals surface area contributed by atoms with Gasteiger partial charge in [-0.15, -0.1) is 0 Å². The number of pyridine rings is 2. The van der Waals surface area contributed by atoms with Gasteiger partial charge in [0.15, 0.2) is 5.82 Å². The number of fused-ring (bicyclic) bond motifs is 6. The second-order valence-electron chi connectivity index (χ2n) is 13.2. The maximum Gasteiger partial charge on any atom is 0.418 e. The fourth-order valence-corrected chi connectivity index (χ4v) is 7.91. The SMILES string of the molecule is Cc1cc(N)nc(-c2ncc3c(N4C[C@H]5CC[C@](C=C(F)F)(C4)NC5)nc(OC[C@@]45CCCN4C[C@H](F)C5)nc3c2F)c1C(F)(F)F. The minimum atomic E-state index is -4.90. The van der Waals surface area contributed by atoms with Crippen molar-refractivity contribution in [2.24, 2.45) is 5.92 Å². The highest BCUT2D eigenvalue weighted by Crippen LogP contribution is 2.43. The minimum absolute atomic E-state index is 0.00996. The monoisotopic (exact) mass is 666 g/mol. The smallest absolute Gasteiger partial charge is 0.418 e.